The number of urea groups is 1. The standard InChI is InChI=1S/C8H9Br.C7H6Br2.C7H7Br.C4H3Br2NO.C4H2Br2S.C4H4BrNS.C3H6N2O/c1-7-3-2-4-8(5-7)6-9;8-5-6-3-1-2-4-7(6)9;1-6-3-2-4-7(8)5-6;5-1-4-7-2-3(6)8-4;5-3-1-7-2-4(3)6;1-3-6-2-4(5)7-3;6-3-4-1-2-5-3/h2-5H,6H2,1H3;1-4H,5H2;2-5H,1H3;2H,1H2;1-2H;2H,1H3;1-2H2,(H2,4,5,6). The number of aromatic nitrogens is 2. The van der Waals surface area contributed by atoms with Crippen LogP contribution in [0.3, 0.4) is 0 Å². The van der Waals surface area contributed by atoms with Gasteiger partial charge in [-0.1, -0.05) is 145 Å². The molecule has 2 amide bonds. The monoisotopic (exact) mass is 1340 g/mol. The van der Waals surface area contributed by atoms with Crippen LogP contribution in [-0.2, 0) is 16.0 Å². The first-order valence-corrected chi connectivity index (χ1v) is 25.4. The van der Waals surface area contributed by atoms with E-state index in [1.54, 1.807) is 35.1 Å². The minimum atomic E-state index is -0.0463. The van der Waals surface area contributed by atoms with E-state index in [2.05, 4.69) is 220 Å². The third-order valence-electron chi connectivity index (χ3n) is 5.82. The van der Waals surface area contributed by atoms with E-state index in [1.165, 1.54) is 26.7 Å². The number of rotatable bonds is 3. The van der Waals surface area contributed by atoms with Crippen LogP contribution >= 0.6 is 166 Å². The Bertz CT molecular complexity index is 1850. The maximum Gasteiger partial charge on any atom is 0.314 e. The fourth-order valence-corrected chi connectivity index (χ4v) is 9.11. The number of carbonyl (C=O) groups is 1. The molecular formula is C37H37Br9N4O2S2. The molecule has 0 spiro atoms. The molecule has 3 aromatic heterocycles. The highest BCUT2D eigenvalue weighted by Crippen LogP contribution is 2.26. The van der Waals surface area contributed by atoms with Gasteiger partial charge in [0.25, 0.3) is 0 Å². The number of alkyl halides is 3. The van der Waals surface area contributed by atoms with Gasteiger partial charge < -0.3 is 15.1 Å². The van der Waals surface area contributed by atoms with Crippen LogP contribution in [0.5, 0.6) is 0 Å². The predicted octanol–water partition coefficient (Wildman–Crippen LogP) is 16.1. The Morgan fingerprint density at radius 3 is 1.57 bits per heavy atom. The Balaban J connectivity index is 0.000000316. The van der Waals surface area contributed by atoms with Gasteiger partial charge in [0.2, 0.25) is 5.89 Å². The fourth-order valence-electron chi connectivity index (χ4n) is 3.37. The topological polar surface area (TPSA) is 80.0 Å². The second kappa shape index (κ2) is 31.7. The van der Waals surface area contributed by atoms with Crippen LogP contribution in [-0.4, -0.2) is 29.1 Å². The zero-order valence-corrected chi connectivity index (χ0v) is 45.1. The highest BCUT2D eigenvalue weighted by molar-refractivity contribution is 9.13. The van der Waals surface area contributed by atoms with Crippen LogP contribution in [0.15, 0.2) is 127 Å². The zero-order valence-electron chi connectivity index (χ0n) is 29.2. The number of nitrogens with zero attached hydrogens (tertiary/aromatic N) is 2. The van der Waals surface area contributed by atoms with Gasteiger partial charge in [-0.2, -0.15) is 11.3 Å². The molecule has 6 nitrogen and oxygen atoms in total. The first-order valence-electron chi connectivity index (χ1n) is 15.5. The molecule has 0 aliphatic carbocycles. The number of benzene rings is 3. The van der Waals surface area contributed by atoms with Crippen molar-refractivity contribution in [3.8, 4) is 0 Å². The number of aryl methyl sites for hydroxylation is 3. The van der Waals surface area contributed by atoms with Crippen molar-refractivity contribution >= 4 is 172 Å². The normalized spacial score (nSPS) is 10.6. The van der Waals surface area contributed by atoms with Gasteiger partial charge in [0.1, 0.15) is 0 Å². The van der Waals surface area contributed by atoms with E-state index in [0.717, 1.165) is 46.0 Å². The third kappa shape index (κ3) is 25.9. The molecule has 1 aliphatic heterocycles. The summed E-state index contributed by atoms with van der Waals surface area (Å²) in [6.07, 6.45) is 3.43. The van der Waals surface area contributed by atoms with E-state index in [9.17, 15) is 4.79 Å². The van der Waals surface area contributed by atoms with Crippen LogP contribution in [0.25, 0.3) is 0 Å². The van der Waals surface area contributed by atoms with Crippen LogP contribution in [0, 0.1) is 20.8 Å². The summed E-state index contributed by atoms with van der Waals surface area (Å²) < 4.78 is 11.4. The van der Waals surface area contributed by atoms with Gasteiger partial charge in [-0.25, -0.2) is 14.8 Å². The SMILES string of the molecule is BrCc1ccccc1Br.BrCc1ncc(Br)o1.Brc1cscc1Br.Cc1cccc(Br)c1.Cc1cccc(CBr)c1.Cc1ncc(Br)s1.O=C1NCCN1. The smallest absolute Gasteiger partial charge is 0.314 e. The molecular weight excluding hydrogens is 1320 g/mol. The van der Waals surface area contributed by atoms with Gasteiger partial charge in [-0.15, -0.1) is 11.3 Å². The van der Waals surface area contributed by atoms with Crippen molar-refractivity contribution in [2.24, 2.45) is 0 Å². The number of thiazole rings is 1. The molecule has 3 aromatic carbocycles. The van der Waals surface area contributed by atoms with Gasteiger partial charge in [-0.05, 0) is 114 Å². The molecule has 1 saturated heterocycles. The van der Waals surface area contributed by atoms with E-state index in [-0.39, 0.29) is 6.03 Å². The number of nitrogens with one attached hydrogen (secondary N) is 2. The molecule has 0 atom stereocenters. The summed E-state index contributed by atoms with van der Waals surface area (Å²) in [6, 6.07) is 24.8. The summed E-state index contributed by atoms with van der Waals surface area (Å²) in [5, 5.41) is 12.8. The summed E-state index contributed by atoms with van der Waals surface area (Å²) in [6.45, 7) is 7.71. The highest BCUT2D eigenvalue weighted by atomic mass is 79.9. The van der Waals surface area contributed by atoms with Crippen molar-refractivity contribution in [1.82, 2.24) is 20.6 Å². The van der Waals surface area contributed by atoms with Crippen molar-refractivity contribution in [3.05, 3.63) is 155 Å². The summed E-state index contributed by atoms with van der Waals surface area (Å²) in [5.41, 5.74) is 5.25. The summed E-state index contributed by atoms with van der Waals surface area (Å²) in [5.74, 6) is 0.692. The van der Waals surface area contributed by atoms with Gasteiger partial charge in [0, 0.05) is 52.4 Å². The molecule has 17 heteroatoms. The molecule has 0 unspecified atom stereocenters. The van der Waals surface area contributed by atoms with Gasteiger partial charge in [0.15, 0.2) is 4.67 Å². The third-order valence-corrected chi connectivity index (χ3v) is 13.8. The van der Waals surface area contributed by atoms with Crippen LogP contribution in [0.2, 0.25) is 0 Å². The van der Waals surface area contributed by atoms with Crippen molar-refractivity contribution in [2.75, 3.05) is 13.1 Å². The van der Waals surface area contributed by atoms with E-state index >= 15 is 0 Å². The number of hydrogen-bond acceptors (Lipinski definition) is 6. The van der Waals surface area contributed by atoms with E-state index in [0.29, 0.717) is 15.9 Å². The van der Waals surface area contributed by atoms with E-state index < -0.39 is 0 Å². The van der Waals surface area contributed by atoms with Crippen LogP contribution < -0.4 is 10.6 Å². The number of amides is 2. The van der Waals surface area contributed by atoms with E-state index in [1.807, 2.05) is 48.0 Å². The number of carbonyl (C=O) groups excluding carboxylic acids is 1. The first kappa shape index (κ1) is 51.8. The molecule has 54 heavy (non-hydrogen) atoms. The van der Waals surface area contributed by atoms with Crippen molar-refractivity contribution in [3.63, 3.8) is 0 Å². The molecule has 0 radical (unpaired) electrons. The molecule has 1 fully saturated rings. The van der Waals surface area contributed by atoms with Crippen LogP contribution in [0.4, 0.5) is 4.79 Å². The average molecular weight is 1350 g/mol. The molecule has 7 rings (SSSR count). The molecule has 6 aromatic rings. The Kier molecular flexibility index (Phi) is 30.5. The highest BCUT2D eigenvalue weighted by Gasteiger charge is 2.03. The summed E-state index contributed by atoms with van der Waals surface area (Å²) >= 11 is 33.1. The Labute approximate surface area is 402 Å². The van der Waals surface area contributed by atoms with Gasteiger partial charge in [0.05, 0.1) is 26.5 Å². The fraction of sp³-hybridized carbons (Fsp3) is 0.216. The zero-order chi connectivity index (χ0) is 40.3. The number of hydrogen-bond donors (Lipinski definition) is 2. The molecule has 0 saturated carbocycles. The molecule has 0 bridgehead atoms. The maximum absolute atomic E-state index is 10.0. The van der Waals surface area contributed by atoms with Gasteiger partial charge in [-0.3, -0.25) is 0 Å². The lowest BCUT2D eigenvalue weighted by molar-refractivity contribution is 0.248. The predicted molar refractivity (Wildman–Crippen MR) is 262 cm³/mol. The second-order valence-corrected chi connectivity index (χ2v) is 19.6. The van der Waals surface area contributed by atoms with E-state index in [4.69, 9.17) is 4.42 Å². The minimum Gasteiger partial charge on any atom is -0.433 e. The van der Waals surface area contributed by atoms with Gasteiger partial charge >= 0.3 is 6.03 Å². The Morgan fingerprint density at radius 1 is 0.685 bits per heavy atom. The quantitative estimate of drug-likeness (QED) is 0.173. The first-order chi connectivity index (χ1) is 25.8. The lowest BCUT2D eigenvalue weighted by atomic mass is 10.2. The number of thiophene rings is 1. The molecule has 292 valence electrons. The van der Waals surface area contributed by atoms with Crippen molar-refractivity contribution < 1.29 is 9.21 Å². The average Bonchev–Trinajstić information content (AvgIpc) is 3.98. The number of oxazole rings is 1. The summed E-state index contributed by atoms with van der Waals surface area (Å²) in [7, 11) is 0. The second-order valence-electron chi connectivity index (χ2n) is 10.3. The Morgan fingerprint density at radius 2 is 1.30 bits per heavy atom. The maximum atomic E-state index is 10.0. The molecule has 1 aliphatic rings. The lowest BCUT2D eigenvalue weighted by Crippen LogP contribution is -2.20. The van der Waals surface area contributed by atoms with Crippen molar-refractivity contribution in [1.29, 1.82) is 0 Å². The number of halogens is 9. The minimum absolute atomic E-state index is 0.0463. The lowest BCUT2D eigenvalue weighted by Gasteiger charge is -1.95. The summed E-state index contributed by atoms with van der Waals surface area (Å²) in [4.78, 5) is 17.9. The molecule has 4 heterocycles. The Hall–Kier alpha value is -0.210. The largest absolute Gasteiger partial charge is 0.433 e. The van der Waals surface area contributed by atoms with Crippen molar-refractivity contribution in [2.45, 2.75) is 36.8 Å². The molecule has 2 N–H and O–H groups in total. The van der Waals surface area contributed by atoms with Crippen LogP contribution in [0.1, 0.15) is 33.2 Å².